The number of fused-ring (bicyclic) bond motifs is 1. The van der Waals surface area contributed by atoms with Crippen LogP contribution in [0.2, 0.25) is 0 Å². The molecule has 1 fully saturated rings. The van der Waals surface area contributed by atoms with Gasteiger partial charge in [0.15, 0.2) is 6.61 Å². The van der Waals surface area contributed by atoms with Crippen LogP contribution in [-0.2, 0) is 19.8 Å². The van der Waals surface area contributed by atoms with E-state index in [-0.39, 0.29) is 12.5 Å². The van der Waals surface area contributed by atoms with E-state index >= 15 is 0 Å². The van der Waals surface area contributed by atoms with Gasteiger partial charge in [0.2, 0.25) is 5.88 Å². The molecular formula is C31H35N3O5. The van der Waals surface area contributed by atoms with Gasteiger partial charge >= 0.3 is 6.09 Å². The Bertz CT molecular complexity index is 1350. The molecule has 8 heteroatoms. The number of pyridine rings is 1. The van der Waals surface area contributed by atoms with Crippen LogP contribution in [0.25, 0.3) is 22.4 Å². The van der Waals surface area contributed by atoms with Crippen molar-refractivity contribution in [3.63, 3.8) is 0 Å². The van der Waals surface area contributed by atoms with Gasteiger partial charge < -0.3 is 24.4 Å². The standard InChI is InChI=1S/C31H35N3O5/c1-30(2,3)39-29(36)33-31(15-8-16-31)23-13-11-22(12-14-23)27-24(21-9-6-5-7-10-21)19-25-28(32-27)38-20-26(35)34(25)17-18-37-4/h5-7,9-14,19H,8,15-18,20H2,1-4H3,(H,33,36). The van der Waals surface area contributed by atoms with Gasteiger partial charge in [0.05, 0.1) is 17.8 Å². The molecular weight excluding hydrogens is 494 g/mol. The molecule has 1 aromatic heterocycles. The Kier molecular flexibility index (Phi) is 7.32. The number of hydrogen-bond donors (Lipinski definition) is 1. The lowest BCUT2D eigenvalue weighted by atomic mass is 9.71. The van der Waals surface area contributed by atoms with E-state index in [0.29, 0.717) is 24.7 Å². The van der Waals surface area contributed by atoms with Crippen LogP contribution in [0, 0.1) is 0 Å². The Labute approximate surface area is 229 Å². The molecule has 0 spiro atoms. The third-order valence-corrected chi connectivity index (χ3v) is 7.15. The summed E-state index contributed by atoms with van der Waals surface area (Å²) >= 11 is 0. The lowest BCUT2D eigenvalue weighted by Gasteiger charge is -2.43. The van der Waals surface area contributed by atoms with Crippen LogP contribution in [0.3, 0.4) is 0 Å². The van der Waals surface area contributed by atoms with E-state index < -0.39 is 17.2 Å². The monoisotopic (exact) mass is 529 g/mol. The van der Waals surface area contributed by atoms with Gasteiger partial charge in [-0.2, -0.15) is 0 Å². The van der Waals surface area contributed by atoms with Crippen molar-refractivity contribution in [3.8, 4) is 28.3 Å². The van der Waals surface area contributed by atoms with Gasteiger partial charge in [-0.15, -0.1) is 0 Å². The van der Waals surface area contributed by atoms with Crippen LogP contribution in [0.5, 0.6) is 5.88 Å². The topological polar surface area (TPSA) is 90.0 Å². The maximum Gasteiger partial charge on any atom is 0.408 e. The molecule has 0 bridgehead atoms. The molecule has 5 rings (SSSR count). The van der Waals surface area contributed by atoms with Crippen LogP contribution in [0.15, 0.2) is 60.7 Å². The highest BCUT2D eigenvalue weighted by Crippen LogP contribution is 2.44. The number of amides is 2. The number of rotatable bonds is 7. The highest BCUT2D eigenvalue weighted by atomic mass is 16.6. The van der Waals surface area contributed by atoms with Gasteiger partial charge in [-0.3, -0.25) is 4.79 Å². The van der Waals surface area contributed by atoms with Crippen molar-refractivity contribution < 1.29 is 23.8 Å². The van der Waals surface area contributed by atoms with Crippen molar-refractivity contribution in [2.75, 3.05) is 31.8 Å². The van der Waals surface area contributed by atoms with E-state index in [9.17, 15) is 9.59 Å². The van der Waals surface area contributed by atoms with Crippen molar-refractivity contribution in [2.45, 2.75) is 51.2 Å². The summed E-state index contributed by atoms with van der Waals surface area (Å²) in [4.78, 5) is 31.9. The molecule has 204 valence electrons. The fraction of sp³-hybridized carbons (Fsp3) is 0.387. The lowest BCUT2D eigenvalue weighted by Crippen LogP contribution is -2.52. The van der Waals surface area contributed by atoms with Crippen molar-refractivity contribution in [2.24, 2.45) is 0 Å². The van der Waals surface area contributed by atoms with Gasteiger partial charge in [-0.25, -0.2) is 9.78 Å². The van der Waals surface area contributed by atoms with E-state index in [4.69, 9.17) is 19.2 Å². The minimum Gasteiger partial charge on any atom is -0.466 e. The SMILES string of the molecule is COCCN1C(=O)COc2nc(-c3ccc(C4(NC(=O)OC(C)(C)C)CCC4)cc3)c(-c3ccccc3)cc21. The summed E-state index contributed by atoms with van der Waals surface area (Å²) in [6.45, 7) is 6.35. The number of methoxy groups -OCH3 is 1. The summed E-state index contributed by atoms with van der Waals surface area (Å²) in [7, 11) is 1.61. The van der Waals surface area contributed by atoms with Gasteiger partial charge in [-0.1, -0.05) is 54.6 Å². The van der Waals surface area contributed by atoms with E-state index in [1.807, 2.05) is 69.3 Å². The van der Waals surface area contributed by atoms with Crippen molar-refractivity contribution in [3.05, 3.63) is 66.2 Å². The minimum atomic E-state index is -0.559. The third-order valence-electron chi connectivity index (χ3n) is 7.15. The maximum absolute atomic E-state index is 12.7. The molecule has 1 saturated carbocycles. The number of nitrogens with zero attached hydrogens (tertiary/aromatic N) is 2. The summed E-state index contributed by atoms with van der Waals surface area (Å²) in [6, 6.07) is 20.1. The highest BCUT2D eigenvalue weighted by Gasteiger charge is 2.41. The molecule has 0 saturated heterocycles. The van der Waals surface area contributed by atoms with Crippen molar-refractivity contribution in [1.82, 2.24) is 10.3 Å². The predicted molar refractivity (Wildman–Crippen MR) is 150 cm³/mol. The number of alkyl carbamates (subject to hydrolysis) is 1. The van der Waals surface area contributed by atoms with E-state index in [1.54, 1.807) is 12.0 Å². The number of aromatic nitrogens is 1. The maximum atomic E-state index is 12.7. The first kappa shape index (κ1) is 26.7. The Morgan fingerprint density at radius 1 is 1.08 bits per heavy atom. The van der Waals surface area contributed by atoms with Crippen molar-refractivity contribution >= 4 is 17.7 Å². The summed E-state index contributed by atoms with van der Waals surface area (Å²) in [6.07, 6.45) is 2.35. The Morgan fingerprint density at radius 2 is 1.79 bits per heavy atom. The summed E-state index contributed by atoms with van der Waals surface area (Å²) in [5, 5.41) is 3.12. The first-order valence-electron chi connectivity index (χ1n) is 13.3. The molecule has 0 unspecified atom stereocenters. The fourth-order valence-corrected chi connectivity index (χ4v) is 5.08. The number of ether oxygens (including phenoxy) is 3. The van der Waals surface area contributed by atoms with E-state index in [0.717, 1.165) is 47.2 Å². The second-order valence-corrected chi connectivity index (χ2v) is 11.0. The van der Waals surface area contributed by atoms with E-state index in [1.165, 1.54) is 0 Å². The third kappa shape index (κ3) is 5.61. The smallest absolute Gasteiger partial charge is 0.408 e. The van der Waals surface area contributed by atoms with Gasteiger partial charge in [-0.05, 0) is 57.2 Å². The molecule has 3 aromatic rings. The quantitative estimate of drug-likeness (QED) is 0.423. The summed E-state index contributed by atoms with van der Waals surface area (Å²) < 4.78 is 16.5. The first-order valence-corrected chi connectivity index (χ1v) is 13.3. The molecule has 2 heterocycles. The molecule has 1 N–H and O–H groups in total. The second kappa shape index (κ2) is 10.7. The van der Waals surface area contributed by atoms with Gasteiger partial charge in [0.1, 0.15) is 11.3 Å². The molecule has 0 radical (unpaired) electrons. The first-order chi connectivity index (χ1) is 18.7. The Hall–Kier alpha value is -3.91. The molecule has 2 aromatic carbocycles. The highest BCUT2D eigenvalue weighted by molar-refractivity contribution is 5.99. The fourth-order valence-electron chi connectivity index (χ4n) is 5.08. The average Bonchev–Trinajstić information content (AvgIpc) is 2.89. The number of benzene rings is 2. The molecule has 1 aliphatic heterocycles. The van der Waals surface area contributed by atoms with Crippen LogP contribution in [-0.4, -0.2) is 49.5 Å². The zero-order valence-corrected chi connectivity index (χ0v) is 23.0. The number of anilines is 1. The summed E-state index contributed by atoms with van der Waals surface area (Å²) in [5.41, 5.74) is 4.24. The molecule has 8 nitrogen and oxygen atoms in total. The molecule has 1 aliphatic carbocycles. The predicted octanol–water partition coefficient (Wildman–Crippen LogP) is 5.69. The number of carbonyl (C=O) groups excluding carboxylic acids is 2. The zero-order chi connectivity index (χ0) is 27.6. The van der Waals surface area contributed by atoms with Crippen LogP contribution >= 0.6 is 0 Å². The van der Waals surface area contributed by atoms with Gasteiger partial charge in [0.25, 0.3) is 5.91 Å². The Morgan fingerprint density at radius 3 is 2.41 bits per heavy atom. The number of hydrogen-bond acceptors (Lipinski definition) is 6. The minimum absolute atomic E-state index is 0.0639. The number of nitrogens with one attached hydrogen (secondary N) is 1. The molecule has 39 heavy (non-hydrogen) atoms. The van der Waals surface area contributed by atoms with E-state index in [2.05, 4.69) is 17.4 Å². The Balaban J connectivity index is 1.51. The van der Waals surface area contributed by atoms with Gasteiger partial charge in [0, 0.05) is 24.8 Å². The summed E-state index contributed by atoms with van der Waals surface area (Å²) in [5.74, 6) is 0.298. The van der Waals surface area contributed by atoms with Crippen LogP contribution < -0.4 is 15.0 Å². The number of carbonyl (C=O) groups is 2. The largest absolute Gasteiger partial charge is 0.466 e. The zero-order valence-electron chi connectivity index (χ0n) is 23.0. The second-order valence-electron chi connectivity index (χ2n) is 11.0. The van der Waals surface area contributed by atoms with Crippen LogP contribution in [0.1, 0.15) is 45.6 Å². The normalized spacial score (nSPS) is 16.1. The lowest BCUT2D eigenvalue weighted by molar-refractivity contribution is -0.121. The molecule has 2 amide bonds. The van der Waals surface area contributed by atoms with Crippen molar-refractivity contribution in [1.29, 1.82) is 0 Å². The van der Waals surface area contributed by atoms with Crippen LogP contribution in [0.4, 0.5) is 10.5 Å². The molecule has 0 atom stereocenters. The molecule has 2 aliphatic rings. The average molecular weight is 530 g/mol.